The average molecular weight is 334 g/mol. The first kappa shape index (κ1) is 13.8. The highest BCUT2D eigenvalue weighted by Gasteiger charge is 2.18. The minimum atomic E-state index is 0.572. The number of nitrogens with one attached hydrogen (secondary N) is 1. The van der Waals surface area contributed by atoms with Crippen LogP contribution in [0.4, 0.5) is 0 Å². The maximum Gasteiger partial charge on any atom is 0.0638 e. The van der Waals surface area contributed by atoms with E-state index in [1.54, 1.807) is 0 Å². The Morgan fingerprint density at radius 1 is 1.40 bits per heavy atom. The van der Waals surface area contributed by atoms with E-state index in [1.807, 2.05) is 11.7 Å². The van der Waals surface area contributed by atoms with Gasteiger partial charge in [-0.1, -0.05) is 22.0 Å². The standard InChI is InChI=1S/C16H20BrN3/c1-11-14(10-20(2)19-11)9-18-16-6-4-12-7-15(17)5-3-13(12)8-16/h3,5,7,10,16,18H,4,6,8-9H2,1-2H3. The molecule has 0 aliphatic heterocycles. The van der Waals surface area contributed by atoms with Gasteiger partial charge in [0.1, 0.15) is 0 Å². The van der Waals surface area contributed by atoms with Crippen LogP contribution in [-0.2, 0) is 26.4 Å². The van der Waals surface area contributed by atoms with Gasteiger partial charge in [-0.2, -0.15) is 5.10 Å². The molecule has 1 unspecified atom stereocenters. The number of hydrogen-bond donors (Lipinski definition) is 1. The molecule has 3 nitrogen and oxygen atoms in total. The molecule has 1 aliphatic rings. The van der Waals surface area contributed by atoms with Gasteiger partial charge in [0.2, 0.25) is 0 Å². The monoisotopic (exact) mass is 333 g/mol. The smallest absolute Gasteiger partial charge is 0.0638 e. The van der Waals surface area contributed by atoms with Crippen LogP contribution in [0.1, 0.15) is 28.8 Å². The van der Waals surface area contributed by atoms with Crippen LogP contribution in [0.3, 0.4) is 0 Å². The maximum atomic E-state index is 4.39. The van der Waals surface area contributed by atoms with Crippen LogP contribution in [0, 0.1) is 6.92 Å². The molecule has 0 amide bonds. The normalized spacial score (nSPS) is 18.1. The first-order valence-electron chi connectivity index (χ1n) is 7.11. The van der Waals surface area contributed by atoms with E-state index >= 15 is 0 Å². The Bertz CT molecular complexity index is 618. The Kier molecular flexibility index (Phi) is 3.94. The van der Waals surface area contributed by atoms with Crippen molar-refractivity contribution in [2.45, 2.75) is 38.8 Å². The van der Waals surface area contributed by atoms with Crippen LogP contribution in [0.5, 0.6) is 0 Å². The Morgan fingerprint density at radius 3 is 3.00 bits per heavy atom. The van der Waals surface area contributed by atoms with Crippen molar-refractivity contribution in [1.29, 1.82) is 0 Å². The van der Waals surface area contributed by atoms with Gasteiger partial charge in [0.25, 0.3) is 0 Å². The number of benzene rings is 1. The lowest BCUT2D eigenvalue weighted by Gasteiger charge is -2.25. The predicted octanol–water partition coefficient (Wildman–Crippen LogP) is 3.14. The summed E-state index contributed by atoms with van der Waals surface area (Å²) in [6.07, 6.45) is 5.61. The summed E-state index contributed by atoms with van der Waals surface area (Å²) in [6.45, 7) is 2.99. The summed E-state index contributed by atoms with van der Waals surface area (Å²) in [6, 6.07) is 7.23. The second kappa shape index (κ2) is 5.70. The summed E-state index contributed by atoms with van der Waals surface area (Å²) >= 11 is 3.55. The van der Waals surface area contributed by atoms with E-state index in [2.05, 4.69) is 57.7 Å². The molecule has 0 radical (unpaired) electrons. The fourth-order valence-corrected chi connectivity index (χ4v) is 3.38. The quantitative estimate of drug-likeness (QED) is 0.935. The van der Waals surface area contributed by atoms with Gasteiger partial charge in [-0.15, -0.1) is 0 Å². The molecule has 2 aromatic rings. The molecular weight excluding hydrogens is 314 g/mol. The number of fused-ring (bicyclic) bond motifs is 1. The molecule has 0 spiro atoms. The molecular formula is C16H20BrN3. The van der Waals surface area contributed by atoms with Crippen molar-refractivity contribution in [3.05, 3.63) is 51.3 Å². The molecule has 4 heteroatoms. The SMILES string of the molecule is Cc1nn(C)cc1CNC1CCc2cc(Br)ccc2C1. The van der Waals surface area contributed by atoms with Crippen molar-refractivity contribution >= 4 is 15.9 Å². The topological polar surface area (TPSA) is 29.9 Å². The van der Waals surface area contributed by atoms with Gasteiger partial charge in [0.15, 0.2) is 0 Å². The molecule has 0 saturated carbocycles. The molecule has 0 saturated heterocycles. The summed E-state index contributed by atoms with van der Waals surface area (Å²) in [4.78, 5) is 0. The lowest BCUT2D eigenvalue weighted by atomic mass is 9.88. The lowest BCUT2D eigenvalue weighted by Crippen LogP contribution is -2.34. The highest BCUT2D eigenvalue weighted by molar-refractivity contribution is 9.10. The van der Waals surface area contributed by atoms with Gasteiger partial charge in [-0.05, 0) is 49.4 Å². The molecule has 1 N–H and O–H groups in total. The van der Waals surface area contributed by atoms with Crippen LogP contribution in [0.2, 0.25) is 0 Å². The summed E-state index contributed by atoms with van der Waals surface area (Å²) < 4.78 is 3.08. The molecule has 1 aromatic heterocycles. The van der Waals surface area contributed by atoms with Gasteiger partial charge in [0, 0.05) is 35.9 Å². The zero-order valence-electron chi connectivity index (χ0n) is 12.0. The summed E-state index contributed by atoms with van der Waals surface area (Å²) in [5.74, 6) is 0. The van der Waals surface area contributed by atoms with Crippen molar-refractivity contribution in [2.75, 3.05) is 0 Å². The molecule has 1 atom stereocenters. The highest BCUT2D eigenvalue weighted by Crippen LogP contribution is 2.25. The third kappa shape index (κ3) is 2.96. The summed E-state index contributed by atoms with van der Waals surface area (Å²) in [5.41, 5.74) is 5.41. The van der Waals surface area contributed by atoms with E-state index in [-0.39, 0.29) is 0 Å². The number of aromatic nitrogens is 2. The molecule has 0 fully saturated rings. The number of aryl methyl sites for hydroxylation is 3. The lowest BCUT2D eigenvalue weighted by molar-refractivity contribution is 0.457. The van der Waals surface area contributed by atoms with Crippen molar-refractivity contribution < 1.29 is 0 Å². The fourth-order valence-electron chi connectivity index (χ4n) is 2.97. The molecule has 1 aromatic carbocycles. The first-order valence-corrected chi connectivity index (χ1v) is 7.91. The molecule has 20 heavy (non-hydrogen) atoms. The second-order valence-electron chi connectivity index (χ2n) is 5.65. The van der Waals surface area contributed by atoms with Crippen LogP contribution in [-0.4, -0.2) is 15.8 Å². The molecule has 106 valence electrons. The van der Waals surface area contributed by atoms with Gasteiger partial charge in [0.05, 0.1) is 5.69 Å². The summed E-state index contributed by atoms with van der Waals surface area (Å²) in [5, 5.41) is 8.07. The van der Waals surface area contributed by atoms with E-state index in [1.165, 1.54) is 34.0 Å². The van der Waals surface area contributed by atoms with Crippen molar-refractivity contribution in [3.63, 3.8) is 0 Å². The highest BCUT2D eigenvalue weighted by atomic mass is 79.9. The van der Waals surface area contributed by atoms with E-state index < -0.39 is 0 Å². The van der Waals surface area contributed by atoms with E-state index in [0.29, 0.717) is 6.04 Å². The number of halogens is 1. The fraction of sp³-hybridized carbons (Fsp3) is 0.438. The van der Waals surface area contributed by atoms with Crippen molar-refractivity contribution in [2.24, 2.45) is 7.05 Å². The number of nitrogens with zero attached hydrogens (tertiary/aromatic N) is 2. The minimum absolute atomic E-state index is 0.572. The van der Waals surface area contributed by atoms with Crippen molar-refractivity contribution in [1.82, 2.24) is 15.1 Å². The largest absolute Gasteiger partial charge is 0.309 e. The van der Waals surface area contributed by atoms with Crippen LogP contribution in [0.15, 0.2) is 28.9 Å². The van der Waals surface area contributed by atoms with Crippen LogP contribution in [0.25, 0.3) is 0 Å². The third-order valence-corrected chi connectivity index (χ3v) is 4.59. The van der Waals surface area contributed by atoms with E-state index in [4.69, 9.17) is 0 Å². The molecule has 3 rings (SSSR count). The van der Waals surface area contributed by atoms with Gasteiger partial charge in [-0.3, -0.25) is 4.68 Å². The molecule has 0 bridgehead atoms. The van der Waals surface area contributed by atoms with Crippen molar-refractivity contribution in [3.8, 4) is 0 Å². The number of hydrogen-bond acceptors (Lipinski definition) is 2. The van der Waals surface area contributed by atoms with Gasteiger partial charge in [-0.25, -0.2) is 0 Å². The van der Waals surface area contributed by atoms with Gasteiger partial charge >= 0.3 is 0 Å². The maximum absolute atomic E-state index is 4.39. The van der Waals surface area contributed by atoms with Crippen LogP contribution < -0.4 is 5.32 Å². The summed E-state index contributed by atoms with van der Waals surface area (Å²) in [7, 11) is 1.98. The van der Waals surface area contributed by atoms with Gasteiger partial charge < -0.3 is 5.32 Å². The predicted molar refractivity (Wildman–Crippen MR) is 84.7 cm³/mol. The van der Waals surface area contributed by atoms with E-state index in [9.17, 15) is 0 Å². The Hall–Kier alpha value is -1.13. The second-order valence-corrected chi connectivity index (χ2v) is 6.56. The van der Waals surface area contributed by atoms with E-state index in [0.717, 1.165) is 18.7 Å². The Morgan fingerprint density at radius 2 is 2.25 bits per heavy atom. The van der Waals surface area contributed by atoms with Crippen LogP contribution >= 0.6 is 15.9 Å². The Balaban J connectivity index is 1.63. The molecule has 1 aliphatic carbocycles. The number of rotatable bonds is 3. The zero-order valence-corrected chi connectivity index (χ0v) is 13.6. The minimum Gasteiger partial charge on any atom is -0.309 e. The zero-order chi connectivity index (χ0) is 14.1. The average Bonchev–Trinajstić information content (AvgIpc) is 2.74. The third-order valence-electron chi connectivity index (χ3n) is 4.09. The first-order chi connectivity index (χ1) is 9.61. The molecule has 1 heterocycles. The Labute approximate surface area is 128 Å².